The summed E-state index contributed by atoms with van der Waals surface area (Å²) < 4.78 is 7.16. The van der Waals surface area contributed by atoms with Crippen LogP contribution in [0.4, 0.5) is 0 Å². The lowest BCUT2D eigenvalue weighted by Crippen LogP contribution is -2.41. The van der Waals surface area contributed by atoms with Crippen molar-refractivity contribution in [3.05, 3.63) is 94.6 Å². The van der Waals surface area contributed by atoms with E-state index in [0.29, 0.717) is 34.2 Å². The van der Waals surface area contributed by atoms with Crippen LogP contribution in [0.1, 0.15) is 210 Å². The molecule has 0 saturated heterocycles. The van der Waals surface area contributed by atoms with Crippen molar-refractivity contribution >= 4 is 27.8 Å². The summed E-state index contributed by atoms with van der Waals surface area (Å²) in [5.74, 6) is 0.411. The summed E-state index contributed by atoms with van der Waals surface area (Å²) in [6.45, 7) is 27.5. The number of unbranched alkanes of at least 4 members (excludes halogenated alkanes) is 3. The van der Waals surface area contributed by atoms with E-state index in [4.69, 9.17) is 4.74 Å². The van der Waals surface area contributed by atoms with E-state index in [1.54, 1.807) is 5.56 Å². The first-order chi connectivity index (χ1) is 29.4. The average Bonchev–Trinajstić information content (AvgIpc) is 3.30. The average molecular weight is 836 g/mol. The molecule has 3 aromatic carbocycles. The Kier molecular flexibility index (Phi) is 21.8. The molecule has 4 aromatic rings. The van der Waals surface area contributed by atoms with Crippen LogP contribution in [0.25, 0.3) is 21.8 Å². The quantitative estimate of drug-likeness (QED) is 0.0341. The van der Waals surface area contributed by atoms with Gasteiger partial charge < -0.3 is 9.30 Å². The number of hydrogen-bond donors (Lipinski definition) is 0. The van der Waals surface area contributed by atoms with Gasteiger partial charge in [0.1, 0.15) is 0 Å². The number of carbonyl (C=O) groups excluding carboxylic acids is 1. The lowest BCUT2D eigenvalue weighted by atomic mass is 9.52. The first-order valence-electron chi connectivity index (χ1n) is 25.1. The summed E-state index contributed by atoms with van der Waals surface area (Å²) in [4.78, 5) is 23.4. The van der Waals surface area contributed by atoms with Gasteiger partial charge in [-0.25, -0.2) is 0 Å². The molecule has 0 saturated carbocycles. The number of hydrogen-bond acceptors (Lipinski definition) is 3. The third kappa shape index (κ3) is 14.0. The molecular formula is C57H89NO3. The minimum absolute atomic E-state index is 0.0763. The van der Waals surface area contributed by atoms with Crippen LogP contribution in [0.2, 0.25) is 0 Å². The number of nitrogens with zero attached hydrogens (tertiary/aromatic N) is 1. The SMILES string of the molecule is CC(=O)OCCCCn1c2ccccc2c(=O)c2ccccc21.CCCCCC(CC)(CC)CC(CC(CC)c1ccccc1)(CC(CC)(CC)CC)CC(CC)(CC)CC. The Hall–Kier alpha value is -3.40. The Morgan fingerprint density at radius 1 is 0.557 bits per heavy atom. The highest BCUT2D eigenvalue weighted by molar-refractivity contribution is 5.93. The van der Waals surface area contributed by atoms with Gasteiger partial charge in [-0.1, -0.05) is 194 Å². The van der Waals surface area contributed by atoms with Crippen LogP contribution in [0, 0.1) is 21.7 Å². The number of para-hydroxylation sites is 2. The van der Waals surface area contributed by atoms with Crippen molar-refractivity contribution < 1.29 is 9.53 Å². The van der Waals surface area contributed by atoms with Crippen LogP contribution in [0.15, 0.2) is 83.7 Å². The molecule has 0 bridgehead atoms. The molecule has 4 rings (SSSR count). The Bertz CT molecular complexity index is 1800. The summed E-state index contributed by atoms with van der Waals surface area (Å²) in [6, 6.07) is 27.0. The lowest BCUT2D eigenvalue weighted by Gasteiger charge is -2.53. The zero-order valence-electron chi connectivity index (χ0n) is 41.1. The predicted octanol–water partition coefficient (Wildman–Crippen LogP) is 17.0. The zero-order valence-corrected chi connectivity index (χ0v) is 41.1. The van der Waals surface area contributed by atoms with Crippen molar-refractivity contribution in [1.82, 2.24) is 4.57 Å². The van der Waals surface area contributed by atoms with Gasteiger partial charge in [-0.2, -0.15) is 0 Å². The van der Waals surface area contributed by atoms with Gasteiger partial charge in [-0.15, -0.1) is 0 Å². The van der Waals surface area contributed by atoms with Gasteiger partial charge in [0.25, 0.3) is 0 Å². The molecule has 0 N–H and O–H groups in total. The third-order valence-corrected chi connectivity index (χ3v) is 16.0. The Balaban J connectivity index is 0.000000364. The molecule has 4 heteroatoms. The van der Waals surface area contributed by atoms with Crippen molar-refractivity contribution in [2.75, 3.05) is 6.61 Å². The minimum Gasteiger partial charge on any atom is -0.466 e. The fourth-order valence-corrected chi connectivity index (χ4v) is 11.4. The topological polar surface area (TPSA) is 48.3 Å². The number of benzene rings is 3. The monoisotopic (exact) mass is 836 g/mol. The summed E-state index contributed by atoms with van der Waals surface area (Å²) in [5, 5.41) is 1.48. The standard InChI is InChI=1S/C38H70.C19H19NO3/c1-11-21-25-28-37(19-9,20-10)32-38(30-35(13-3,14-4)15-5,31-36(16-6,17-7)18-8)29-33(12-2)34-26-23-22-24-27-34;1-14(21)23-13-7-6-12-20-17-10-4-2-8-15(17)19(22)16-9-3-5-11-18(16)20/h22-24,26-27,33H,11-21,25,28-32H2,1-10H3;2-5,8-11H,6-7,12-13H2,1H3. The normalized spacial score (nSPS) is 13.0. The highest BCUT2D eigenvalue weighted by atomic mass is 16.5. The molecule has 0 spiro atoms. The number of ether oxygens (including phenoxy) is 1. The van der Waals surface area contributed by atoms with Crippen LogP contribution in [0.3, 0.4) is 0 Å². The number of aryl methyl sites for hydroxylation is 1. The van der Waals surface area contributed by atoms with E-state index in [9.17, 15) is 9.59 Å². The number of rotatable bonds is 27. The molecule has 0 amide bonds. The van der Waals surface area contributed by atoms with Crippen LogP contribution in [-0.2, 0) is 16.1 Å². The van der Waals surface area contributed by atoms with Crippen LogP contribution >= 0.6 is 0 Å². The van der Waals surface area contributed by atoms with Gasteiger partial charge in [0.15, 0.2) is 5.43 Å². The second-order valence-electron chi connectivity index (χ2n) is 19.1. The van der Waals surface area contributed by atoms with Gasteiger partial charge in [0.05, 0.1) is 17.6 Å². The van der Waals surface area contributed by atoms with E-state index in [0.717, 1.165) is 41.2 Å². The minimum atomic E-state index is -0.246. The summed E-state index contributed by atoms with van der Waals surface area (Å²) in [5.41, 5.74) is 5.35. The fourth-order valence-electron chi connectivity index (χ4n) is 11.4. The molecule has 1 aromatic heterocycles. The number of aromatic nitrogens is 1. The molecule has 0 aliphatic heterocycles. The molecule has 1 heterocycles. The molecule has 0 aliphatic carbocycles. The van der Waals surface area contributed by atoms with Gasteiger partial charge in [-0.05, 0) is 109 Å². The van der Waals surface area contributed by atoms with Crippen molar-refractivity contribution in [2.24, 2.45) is 21.7 Å². The highest BCUT2D eigenvalue weighted by Crippen LogP contribution is 2.60. The zero-order chi connectivity index (χ0) is 44.9. The first-order valence-corrected chi connectivity index (χ1v) is 25.1. The van der Waals surface area contributed by atoms with E-state index < -0.39 is 0 Å². The second-order valence-corrected chi connectivity index (χ2v) is 19.1. The summed E-state index contributed by atoms with van der Waals surface area (Å²) in [7, 11) is 0. The molecule has 4 nitrogen and oxygen atoms in total. The highest BCUT2D eigenvalue weighted by Gasteiger charge is 2.48. The Morgan fingerprint density at radius 2 is 1.02 bits per heavy atom. The largest absolute Gasteiger partial charge is 0.466 e. The molecule has 1 atom stereocenters. The fraction of sp³-hybridized carbons (Fsp3) is 0.649. The molecule has 340 valence electrons. The summed E-state index contributed by atoms with van der Waals surface area (Å²) in [6.07, 6.45) is 24.7. The molecule has 0 fully saturated rings. The van der Waals surface area contributed by atoms with Crippen LogP contribution < -0.4 is 5.43 Å². The third-order valence-electron chi connectivity index (χ3n) is 16.0. The maximum absolute atomic E-state index is 12.6. The van der Waals surface area contributed by atoms with Gasteiger partial charge >= 0.3 is 5.97 Å². The van der Waals surface area contributed by atoms with Gasteiger partial charge in [0, 0.05) is 24.2 Å². The van der Waals surface area contributed by atoms with E-state index >= 15 is 0 Å². The van der Waals surface area contributed by atoms with Crippen LogP contribution in [-0.4, -0.2) is 17.1 Å². The van der Waals surface area contributed by atoms with Crippen molar-refractivity contribution in [3.63, 3.8) is 0 Å². The van der Waals surface area contributed by atoms with Gasteiger partial charge in [-0.3, -0.25) is 9.59 Å². The first kappa shape index (κ1) is 51.9. The smallest absolute Gasteiger partial charge is 0.302 e. The van der Waals surface area contributed by atoms with E-state index in [2.05, 4.69) is 104 Å². The van der Waals surface area contributed by atoms with Crippen molar-refractivity contribution in [1.29, 1.82) is 0 Å². The Morgan fingerprint density at radius 3 is 1.46 bits per heavy atom. The van der Waals surface area contributed by atoms with Crippen molar-refractivity contribution in [3.8, 4) is 0 Å². The van der Waals surface area contributed by atoms with Crippen LogP contribution in [0.5, 0.6) is 0 Å². The molecule has 0 radical (unpaired) electrons. The molecule has 0 aliphatic rings. The van der Waals surface area contributed by atoms with E-state index in [-0.39, 0.29) is 11.4 Å². The molecule has 1 unspecified atom stereocenters. The molecule has 61 heavy (non-hydrogen) atoms. The molecular weight excluding hydrogens is 747 g/mol. The lowest BCUT2D eigenvalue weighted by molar-refractivity contribution is -0.141. The van der Waals surface area contributed by atoms with Crippen molar-refractivity contribution in [2.45, 2.75) is 211 Å². The van der Waals surface area contributed by atoms with Gasteiger partial charge in [0.2, 0.25) is 0 Å². The number of pyridine rings is 1. The van der Waals surface area contributed by atoms with E-state index in [1.807, 2.05) is 48.5 Å². The summed E-state index contributed by atoms with van der Waals surface area (Å²) >= 11 is 0. The maximum Gasteiger partial charge on any atom is 0.302 e. The number of carbonyl (C=O) groups is 1. The maximum atomic E-state index is 12.6. The number of fused-ring (bicyclic) bond motifs is 2. The number of esters is 1. The Labute approximate surface area is 374 Å². The predicted molar refractivity (Wildman–Crippen MR) is 266 cm³/mol. The van der Waals surface area contributed by atoms with E-state index in [1.165, 1.54) is 116 Å². The second kappa shape index (κ2) is 25.6.